The minimum atomic E-state index is -3.13. The zero-order valence-electron chi connectivity index (χ0n) is 16.2. The minimum absolute atomic E-state index is 0.0268. The summed E-state index contributed by atoms with van der Waals surface area (Å²) in [7, 11) is 0.604. The van der Waals surface area contributed by atoms with E-state index in [9.17, 15) is 28.4 Å². The summed E-state index contributed by atoms with van der Waals surface area (Å²) in [4.78, 5) is 27.3. The summed E-state index contributed by atoms with van der Waals surface area (Å²) in [6.45, 7) is 4.36. The second-order valence-corrected chi connectivity index (χ2v) is 9.51. The summed E-state index contributed by atoms with van der Waals surface area (Å²) in [6, 6.07) is 0.371. The van der Waals surface area contributed by atoms with Gasteiger partial charge in [-0.25, -0.2) is 13.2 Å². The van der Waals surface area contributed by atoms with Crippen molar-refractivity contribution in [1.82, 2.24) is 15.1 Å². The first kappa shape index (κ1) is 22.9. The molecule has 2 atom stereocenters. The van der Waals surface area contributed by atoms with E-state index in [-0.39, 0.29) is 29.0 Å². The summed E-state index contributed by atoms with van der Waals surface area (Å²) in [5.74, 6) is -2.26. The largest absolute Gasteiger partial charge is 0.480 e. The fraction of sp³-hybridized carbons (Fsp3) is 0.706. The van der Waals surface area contributed by atoms with Crippen molar-refractivity contribution in [2.75, 3.05) is 38.7 Å². The van der Waals surface area contributed by atoms with Crippen LogP contribution >= 0.6 is 0 Å². The summed E-state index contributed by atoms with van der Waals surface area (Å²) < 4.78 is 23.6. The fourth-order valence-corrected chi connectivity index (χ4v) is 4.48. The van der Waals surface area contributed by atoms with Crippen LogP contribution in [0.15, 0.2) is 11.8 Å². The predicted molar refractivity (Wildman–Crippen MR) is 100 cm³/mol. The molecule has 1 fully saturated rings. The van der Waals surface area contributed by atoms with Gasteiger partial charge in [-0.05, 0) is 26.4 Å². The van der Waals surface area contributed by atoms with Gasteiger partial charge >= 0.3 is 5.97 Å². The van der Waals surface area contributed by atoms with Crippen molar-refractivity contribution in [3.8, 4) is 6.07 Å². The number of rotatable bonds is 9. The van der Waals surface area contributed by atoms with Crippen LogP contribution in [0.4, 0.5) is 0 Å². The molecule has 1 amide bonds. The lowest BCUT2D eigenvalue weighted by molar-refractivity contribution is -0.142. The molecular weight excluding hydrogens is 372 g/mol. The van der Waals surface area contributed by atoms with Crippen molar-refractivity contribution in [2.45, 2.75) is 32.4 Å². The van der Waals surface area contributed by atoms with E-state index in [0.717, 1.165) is 0 Å². The number of sulfone groups is 1. The van der Waals surface area contributed by atoms with Crippen LogP contribution in [0, 0.1) is 17.2 Å². The van der Waals surface area contributed by atoms with Crippen LogP contribution in [-0.4, -0.2) is 86.0 Å². The fourth-order valence-electron chi connectivity index (χ4n) is 2.74. The SMILES string of the molecule is CC(C)C(NC(=O)/C(C#N)=C\N(CCN(C)C)C1CCS(=O)(=O)C1)C(=O)O. The maximum atomic E-state index is 12.4. The van der Waals surface area contributed by atoms with Gasteiger partial charge in [-0.3, -0.25) is 4.79 Å². The summed E-state index contributed by atoms with van der Waals surface area (Å²) >= 11 is 0. The van der Waals surface area contributed by atoms with Crippen molar-refractivity contribution in [2.24, 2.45) is 5.92 Å². The minimum Gasteiger partial charge on any atom is -0.480 e. The zero-order valence-corrected chi connectivity index (χ0v) is 17.0. The molecule has 10 heteroatoms. The molecule has 0 aromatic carbocycles. The van der Waals surface area contributed by atoms with E-state index in [1.807, 2.05) is 19.0 Å². The number of carbonyl (C=O) groups is 2. The zero-order chi connectivity index (χ0) is 20.8. The standard InChI is InChI=1S/C17H28N4O5S/c1-12(2)15(17(23)24)19-16(22)13(9-18)10-21(7-6-20(3)4)14-5-8-27(25,26)11-14/h10,12,14-15H,5-8,11H2,1-4H3,(H,19,22)(H,23,24)/b13-10-. The van der Waals surface area contributed by atoms with Crippen molar-refractivity contribution in [1.29, 1.82) is 5.26 Å². The molecule has 1 aliphatic heterocycles. The monoisotopic (exact) mass is 400 g/mol. The normalized spacial score (nSPS) is 20.3. The molecule has 2 unspecified atom stereocenters. The molecule has 0 aliphatic carbocycles. The number of likely N-dealkylation sites (N-methyl/N-ethyl adjacent to an activating group) is 1. The van der Waals surface area contributed by atoms with Gasteiger partial charge < -0.3 is 20.2 Å². The van der Waals surface area contributed by atoms with E-state index in [2.05, 4.69) is 5.32 Å². The number of carbonyl (C=O) groups excluding carboxylic acids is 1. The van der Waals surface area contributed by atoms with Crippen LogP contribution in [0.3, 0.4) is 0 Å². The van der Waals surface area contributed by atoms with Crippen LogP contribution in [0.5, 0.6) is 0 Å². The molecule has 0 spiro atoms. The summed E-state index contributed by atoms with van der Waals surface area (Å²) in [5.41, 5.74) is -0.245. The molecule has 1 saturated heterocycles. The molecule has 1 aliphatic rings. The first-order valence-electron chi connectivity index (χ1n) is 8.73. The van der Waals surface area contributed by atoms with E-state index < -0.39 is 27.8 Å². The molecule has 0 saturated carbocycles. The second kappa shape index (κ2) is 9.71. The smallest absolute Gasteiger partial charge is 0.326 e. The van der Waals surface area contributed by atoms with Crippen LogP contribution < -0.4 is 5.32 Å². The number of carboxylic acids is 1. The number of nitrogens with one attached hydrogen (secondary N) is 1. The highest BCUT2D eigenvalue weighted by molar-refractivity contribution is 7.91. The van der Waals surface area contributed by atoms with Crippen molar-refractivity contribution >= 4 is 21.7 Å². The third-order valence-electron chi connectivity index (χ3n) is 4.36. The van der Waals surface area contributed by atoms with Crippen LogP contribution in [-0.2, 0) is 19.4 Å². The molecule has 0 bridgehead atoms. The van der Waals surface area contributed by atoms with Gasteiger partial charge in [0.25, 0.3) is 5.91 Å². The number of aliphatic carboxylic acids is 1. The van der Waals surface area contributed by atoms with Gasteiger partial charge in [0.2, 0.25) is 0 Å². The number of hydrogen-bond donors (Lipinski definition) is 2. The molecular formula is C17H28N4O5S. The number of hydrogen-bond acceptors (Lipinski definition) is 7. The van der Waals surface area contributed by atoms with Gasteiger partial charge in [0.05, 0.1) is 11.5 Å². The van der Waals surface area contributed by atoms with E-state index in [1.54, 1.807) is 24.8 Å². The van der Waals surface area contributed by atoms with Crippen molar-refractivity contribution in [3.63, 3.8) is 0 Å². The Balaban J connectivity index is 3.04. The predicted octanol–water partition coefficient (Wildman–Crippen LogP) is -0.330. The molecule has 27 heavy (non-hydrogen) atoms. The molecule has 2 N–H and O–H groups in total. The average molecular weight is 401 g/mol. The number of carboxylic acid groups (broad SMARTS) is 1. The van der Waals surface area contributed by atoms with Crippen molar-refractivity contribution in [3.05, 3.63) is 11.8 Å². The van der Waals surface area contributed by atoms with E-state index in [1.165, 1.54) is 6.20 Å². The summed E-state index contributed by atoms with van der Waals surface area (Å²) in [6.07, 6.45) is 1.78. The van der Waals surface area contributed by atoms with E-state index in [0.29, 0.717) is 19.5 Å². The van der Waals surface area contributed by atoms with Gasteiger partial charge in [-0.15, -0.1) is 0 Å². The molecule has 152 valence electrons. The van der Waals surface area contributed by atoms with Crippen LogP contribution in [0.1, 0.15) is 20.3 Å². The van der Waals surface area contributed by atoms with E-state index >= 15 is 0 Å². The molecule has 1 heterocycles. The number of amides is 1. The lowest BCUT2D eigenvalue weighted by atomic mass is 10.0. The lowest BCUT2D eigenvalue weighted by Gasteiger charge is -2.28. The van der Waals surface area contributed by atoms with Gasteiger partial charge in [0.1, 0.15) is 17.7 Å². The van der Waals surface area contributed by atoms with Crippen molar-refractivity contribution < 1.29 is 23.1 Å². The van der Waals surface area contributed by atoms with Gasteiger partial charge in [-0.2, -0.15) is 5.26 Å². The Hall–Kier alpha value is -2.12. The maximum absolute atomic E-state index is 12.4. The quantitative estimate of drug-likeness (QED) is 0.397. The van der Waals surface area contributed by atoms with Gasteiger partial charge in [0.15, 0.2) is 9.84 Å². The van der Waals surface area contributed by atoms with Crippen LogP contribution in [0.25, 0.3) is 0 Å². The topological polar surface area (TPSA) is 131 Å². The summed E-state index contributed by atoms with van der Waals surface area (Å²) in [5, 5.41) is 20.9. The second-order valence-electron chi connectivity index (χ2n) is 7.29. The Bertz CT molecular complexity index is 724. The highest BCUT2D eigenvalue weighted by Gasteiger charge is 2.32. The Morgan fingerprint density at radius 1 is 1.33 bits per heavy atom. The van der Waals surface area contributed by atoms with Gasteiger partial charge in [0, 0.05) is 25.3 Å². The number of nitrogens with zero attached hydrogens (tertiary/aromatic N) is 3. The Morgan fingerprint density at radius 3 is 2.37 bits per heavy atom. The Kier molecular flexibility index (Phi) is 8.24. The first-order valence-corrected chi connectivity index (χ1v) is 10.6. The third-order valence-corrected chi connectivity index (χ3v) is 6.11. The lowest BCUT2D eigenvalue weighted by Crippen LogP contribution is -2.45. The molecule has 0 aromatic rings. The number of nitriles is 1. The maximum Gasteiger partial charge on any atom is 0.326 e. The highest BCUT2D eigenvalue weighted by atomic mass is 32.2. The first-order chi connectivity index (χ1) is 12.5. The molecule has 0 aromatic heterocycles. The molecule has 1 rings (SSSR count). The Labute approximate surface area is 160 Å². The molecule has 9 nitrogen and oxygen atoms in total. The average Bonchev–Trinajstić information content (AvgIpc) is 2.91. The van der Waals surface area contributed by atoms with Gasteiger partial charge in [-0.1, -0.05) is 13.8 Å². The van der Waals surface area contributed by atoms with E-state index in [4.69, 9.17) is 0 Å². The third kappa shape index (κ3) is 7.19. The Morgan fingerprint density at radius 2 is 1.96 bits per heavy atom. The van der Waals surface area contributed by atoms with Crippen LogP contribution in [0.2, 0.25) is 0 Å². The molecule has 0 radical (unpaired) electrons. The highest BCUT2D eigenvalue weighted by Crippen LogP contribution is 2.19.